The van der Waals surface area contributed by atoms with E-state index in [0.717, 1.165) is 14.7 Å². The molecule has 0 saturated heterocycles. The fourth-order valence-corrected chi connectivity index (χ4v) is 5.55. The molecule has 4 N–H and O–H groups in total. The molecule has 0 atom stereocenters. The molecule has 50 heavy (non-hydrogen) atoms. The van der Waals surface area contributed by atoms with Crippen molar-refractivity contribution in [1.29, 1.82) is 0 Å². The highest BCUT2D eigenvalue weighted by Crippen LogP contribution is 2.39. The number of benzene rings is 4. The third kappa shape index (κ3) is 10.7. The number of carbonyl (C=O) groups is 4. The molecule has 0 aliphatic heterocycles. The fraction of sp³-hybridized carbons (Fsp3) is 0.125. The van der Waals surface area contributed by atoms with Crippen molar-refractivity contribution in [3.8, 4) is 0 Å². The molecule has 0 aliphatic carbocycles. The maximum absolute atomic E-state index is 13.1. The Morgan fingerprint density at radius 2 is 0.880 bits per heavy atom. The minimum Gasteiger partial charge on any atom is -0.267 e. The van der Waals surface area contributed by atoms with Gasteiger partial charge in [0, 0.05) is 18.3 Å². The Balaban J connectivity index is 0.000000278. The lowest BCUT2D eigenvalue weighted by Crippen LogP contribution is -2.43. The topological polar surface area (TPSA) is 116 Å². The molecule has 0 bridgehead atoms. The van der Waals surface area contributed by atoms with Gasteiger partial charge in [-0.1, -0.05) is 47.5 Å². The number of carbonyl (C=O) groups excluding carboxylic acids is 4. The zero-order chi connectivity index (χ0) is 37.6. The number of nitrogens with one attached hydrogen (secondary N) is 4. The first-order valence-corrected chi connectivity index (χ1v) is 16.6. The van der Waals surface area contributed by atoms with Crippen LogP contribution in [-0.4, -0.2) is 23.6 Å². The SMILES string of the molecule is Cc1ccc(C(=O)NNC(=O)c2c(C(F)(F)F)cccc2C(F)(F)F)cc1I.Cc1ccc(C(=O)NNC(=O)c2c(Cl)cccc2Cl)cc1I. The van der Waals surface area contributed by atoms with Crippen LogP contribution in [0.25, 0.3) is 0 Å². The van der Waals surface area contributed by atoms with Crippen molar-refractivity contribution in [3.63, 3.8) is 0 Å². The average molecular weight is 965 g/mol. The minimum atomic E-state index is -5.20. The molecular weight excluding hydrogens is 943 g/mol. The molecule has 0 aromatic heterocycles. The Labute approximate surface area is 317 Å². The predicted octanol–water partition coefficient (Wildman–Crippen LogP) is 8.69. The van der Waals surface area contributed by atoms with Crippen molar-refractivity contribution in [3.05, 3.63) is 134 Å². The normalized spacial score (nSPS) is 11.1. The van der Waals surface area contributed by atoms with Gasteiger partial charge in [-0.2, -0.15) is 26.3 Å². The highest BCUT2D eigenvalue weighted by atomic mass is 127. The average Bonchev–Trinajstić information content (AvgIpc) is 3.04. The van der Waals surface area contributed by atoms with E-state index in [1.165, 1.54) is 12.1 Å². The Morgan fingerprint density at radius 1 is 0.540 bits per heavy atom. The highest BCUT2D eigenvalue weighted by Gasteiger charge is 2.42. The summed E-state index contributed by atoms with van der Waals surface area (Å²) in [6, 6.07) is 15.7. The van der Waals surface area contributed by atoms with E-state index in [0.29, 0.717) is 27.3 Å². The zero-order valence-electron chi connectivity index (χ0n) is 25.3. The van der Waals surface area contributed by atoms with Crippen molar-refractivity contribution in [2.45, 2.75) is 26.2 Å². The number of rotatable bonds is 4. The third-order valence-electron chi connectivity index (χ3n) is 6.54. The van der Waals surface area contributed by atoms with Crippen LogP contribution in [0.15, 0.2) is 72.8 Å². The predicted molar refractivity (Wildman–Crippen MR) is 191 cm³/mol. The smallest absolute Gasteiger partial charge is 0.267 e. The number of hydrazine groups is 2. The van der Waals surface area contributed by atoms with Crippen LogP contribution < -0.4 is 21.7 Å². The summed E-state index contributed by atoms with van der Waals surface area (Å²) in [5.41, 5.74) is 5.48. The number of amides is 4. The van der Waals surface area contributed by atoms with Gasteiger partial charge in [0.25, 0.3) is 23.6 Å². The van der Waals surface area contributed by atoms with Crippen molar-refractivity contribution < 1.29 is 45.5 Å². The largest absolute Gasteiger partial charge is 0.417 e. The molecule has 8 nitrogen and oxygen atoms in total. The number of hydrogen-bond acceptors (Lipinski definition) is 4. The van der Waals surface area contributed by atoms with Crippen LogP contribution in [0.3, 0.4) is 0 Å². The summed E-state index contributed by atoms with van der Waals surface area (Å²) >= 11 is 16.0. The van der Waals surface area contributed by atoms with Crippen LogP contribution >= 0.6 is 68.4 Å². The molecule has 0 unspecified atom stereocenters. The molecule has 0 aliphatic rings. The molecule has 18 heteroatoms. The number of aryl methyl sites for hydroxylation is 2. The van der Waals surface area contributed by atoms with E-state index in [1.54, 1.807) is 48.7 Å². The quantitative estimate of drug-likeness (QED) is 0.0931. The summed E-state index contributed by atoms with van der Waals surface area (Å²) in [6.07, 6.45) is -10.4. The Hall–Kier alpha value is -3.62. The van der Waals surface area contributed by atoms with Crippen LogP contribution in [-0.2, 0) is 12.4 Å². The Morgan fingerprint density at radius 3 is 1.24 bits per heavy atom. The molecule has 0 heterocycles. The van der Waals surface area contributed by atoms with Crippen molar-refractivity contribution in [1.82, 2.24) is 21.7 Å². The molecule has 0 spiro atoms. The second-order valence-electron chi connectivity index (χ2n) is 10.1. The summed E-state index contributed by atoms with van der Waals surface area (Å²) in [6.45, 7) is 3.72. The van der Waals surface area contributed by atoms with Gasteiger partial charge in [0.1, 0.15) is 0 Å². The number of hydrogen-bond donors (Lipinski definition) is 4. The standard InChI is InChI=1S/C17H11F6IN2O2.C15H11Cl2IN2O2/c1-8-5-6-9(7-12(8)24)14(27)25-26-15(28)13-10(16(18,19)20)3-2-4-11(13)17(21,22)23;1-8-5-6-9(7-12(8)18)14(21)19-20-15(22)13-10(16)3-2-4-11(13)17/h2-7H,1H3,(H,25,27)(H,26,28);2-7H,1H3,(H,19,21)(H,20,22). The van der Waals surface area contributed by atoms with Crippen LogP contribution in [0.4, 0.5) is 26.3 Å². The minimum absolute atomic E-state index is 0.0652. The summed E-state index contributed by atoms with van der Waals surface area (Å²) < 4.78 is 80.2. The molecule has 4 rings (SSSR count). The van der Waals surface area contributed by atoms with E-state index in [9.17, 15) is 45.5 Å². The van der Waals surface area contributed by atoms with Crippen LogP contribution in [0, 0.1) is 21.0 Å². The van der Waals surface area contributed by atoms with Gasteiger partial charge in [0.15, 0.2) is 0 Å². The molecule has 264 valence electrons. The van der Waals surface area contributed by atoms with Gasteiger partial charge >= 0.3 is 12.4 Å². The zero-order valence-corrected chi connectivity index (χ0v) is 31.2. The lowest BCUT2D eigenvalue weighted by molar-refractivity contribution is -0.143. The monoisotopic (exact) mass is 964 g/mol. The summed E-state index contributed by atoms with van der Waals surface area (Å²) in [5.74, 6) is -3.64. The first-order valence-electron chi connectivity index (χ1n) is 13.7. The van der Waals surface area contributed by atoms with Gasteiger partial charge in [-0.3, -0.25) is 40.9 Å². The molecular formula is C32H22Cl2F6I2N4O4. The lowest BCUT2D eigenvalue weighted by Gasteiger charge is -2.18. The molecule has 4 aromatic carbocycles. The molecule has 4 aromatic rings. The summed E-state index contributed by atoms with van der Waals surface area (Å²) in [5, 5.41) is 0.424. The maximum atomic E-state index is 13.1. The van der Waals surface area contributed by atoms with E-state index in [-0.39, 0.29) is 21.2 Å². The van der Waals surface area contributed by atoms with Gasteiger partial charge in [-0.15, -0.1) is 0 Å². The fourth-order valence-electron chi connectivity index (χ4n) is 3.95. The van der Waals surface area contributed by atoms with E-state index in [4.69, 9.17) is 23.2 Å². The van der Waals surface area contributed by atoms with E-state index in [2.05, 4.69) is 33.4 Å². The number of halogens is 10. The molecule has 0 fully saturated rings. The van der Waals surface area contributed by atoms with Crippen LogP contribution in [0.2, 0.25) is 10.0 Å². The second kappa shape index (κ2) is 17.1. The first-order chi connectivity index (χ1) is 23.2. The lowest BCUT2D eigenvalue weighted by atomic mass is 9.99. The highest BCUT2D eigenvalue weighted by molar-refractivity contribution is 14.1. The van der Waals surface area contributed by atoms with Crippen molar-refractivity contribution in [2.75, 3.05) is 0 Å². The van der Waals surface area contributed by atoms with E-state index < -0.39 is 52.7 Å². The third-order valence-corrected chi connectivity index (χ3v) is 9.49. The van der Waals surface area contributed by atoms with Gasteiger partial charge in [0.2, 0.25) is 0 Å². The van der Waals surface area contributed by atoms with Crippen molar-refractivity contribution >= 4 is 92.0 Å². The number of alkyl halides is 6. The Bertz CT molecular complexity index is 1910. The first kappa shape index (κ1) is 40.8. The van der Waals surface area contributed by atoms with Crippen LogP contribution in [0.5, 0.6) is 0 Å². The second-order valence-corrected chi connectivity index (χ2v) is 13.2. The summed E-state index contributed by atoms with van der Waals surface area (Å²) in [4.78, 5) is 48.2. The molecule has 0 radical (unpaired) electrons. The molecule has 4 amide bonds. The van der Waals surface area contributed by atoms with Gasteiger partial charge in [0.05, 0.1) is 32.3 Å². The Kier molecular flexibility index (Phi) is 13.9. The van der Waals surface area contributed by atoms with Gasteiger partial charge in [-0.05, 0) is 119 Å². The molecule has 0 saturated carbocycles. The van der Waals surface area contributed by atoms with Crippen molar-refractivity contribution in [2.24, 2.45) is 0 Å². The van der Waals surface area contributed by atoms with E-state index >= 15 is 0 Å². The van der Waals surface area contributed by atoms with E-state index in [1.807, 2.05) is 41.0 Å². The maximum Gasteiger partial charge on any atom is 0.417 e. The van der Waals surface area contributed by atoms with Gasteiger partial charge in [-0.25, -0.2) is 0 Å². The van der Waals surface area contributed by atoms with Crippen LogP contribution in [0.1, 0.15) is 63.7 Å². The summed E-state index contributed by atoms with van der Waals surface area (Å²) in [7, 11) is 0. The van der Waals surface area contributed by atoms with Gasteiger partial charge < -0.3 is 0 Å².